The molecule has 0 fully saturated rings. The van der Waals surface area contributed by atoms with Crippen molar-refractivity contribution in [3.05, 3.63) is 39.7 Å². The highest BCUT2D eigenvalue weighted by atomic mass is 79.9. The topological polar surface area (TPSA) is 56.3 Å². The second-order valence-electron chi connectivity index (χ2n) is 3.90. The summed E-state index contributed by atoms with van der Waals surface area (Å²) in [5.74, 6) is 1.85. The molecule has 2 aromatic rings. The van der Waals surface area contributed by atoms with Crippen LogP contribution in [-0.4, -0.2) is 24.2 Å². The molecule has 1 heterocycles. The average molecular weight is 359 g/mol. The SMILES string of the molecule is COCc1nc(Cl)cc(Nc2ccc(Br)c(OC)c2)n1. The van der Waals surface area contributed by atoms with E-state index in [0.717, 1.165) is 15.9 Å². The van der Waals surface area contributed by atoms with E-state index in [1.807, 2.05) is 18.2 Å². The van der Waals surface area contributed by atoms with Crippen LogP contribution in [0.4, 0.5) is 11.5 Å². The highest BCUT2D eigenvalue weighted by molar-refractivity contribution is 9.10. The van der Waals surface area contributed by atoms with Crippen molar-refractivity contribution in [1.82, 2.24) is 9.97 Å². The van der Waals surface area contributed by atoms with Crippen LogP contribution in [0.15, 0.2) is 28.7 Å². The number of aromatic nitrogens is 2. The second-order valence-corrected chi connectivity index (χ2v) is 5.14. The second kappa shape index (κ2) is 6.88. The van der Waals surface area contributed by atoms with Crippen LogP contribution in [0.5, 0.6) is 5.75 Å². The van der Waals surface area contributed by atoms with Crippen LogP contribution in [0, 0.1) is 0 Å². The first-order valence-corrected chi connectivity index (χ1v) is 6.92. The Bertz CT molecular complexity index is 610. The Kier molecular flexibility index (Phi) is 5.17. The summed E-state index contributed by atoms with van der Waals surface area (Å²) >= 11 is 9.36. The number of nitrogens with zero attached hydrogens (tertiary/aromatic N) is 2. The lowest BCUT2D eigenvalue weighted by molar-refractivity contribution is 0.178. The minimum absolute atomic E-state index is 0.304. The van der Waals surface area contributed by atoms with Crippen molar-refractivity contribution in [2.45, 2.75) is 6.61 Å². The third-order valence-electron chi connectivity index (χ3n) is 2.44. The van der Waals surface area contributed by atoms with Crippen LogP contribution in [-0.2, 0) is 11.3 Å². The summed E-state index contributed by atoms with van der Waals surface area (Å²) in [4.78, 5) is 8.38. The van der Waals surface area contributed by atoms with E-state index in [0.29, 0.717) is 23.4 Å². The molecule has 0 atom stereocenters. The molecular formula is C13H13BrClN3O2. The smallest absolute Gasteiger partial charge is 0.158 e. The highest BCUT2D eigenvalue weighted by Gasteiger charge is 2.06. The van der Waals surface area contributed by atoms with Crippen molar-refractivity contribution in [3.63, 3.8) is 0 Å². The lowest BCUT2D eigenvalue weighted by atomic mass is 10.3. The zero-order chi connectivity index (χ0) is 14.5. The van der Waals surface area contributed by atoms with Gasteiger partial charge in [0, 0.05) is 24.9 Å². The van der Waals surface area contributed by atoms with Gasteiger partial charge in [0.1, 0.15) is 23.3 Å². The Morgan fingerprint density at radius 1 is 1.25 bits per heavy atom. The Morgan fingerprint density at radius 3 is 2.75 bits per heavy atom. The largest absolute Gasteiger partial charge is 0.495 e. The van der Waals surface area contributed by atoms with Crippen LogP contribution in [0.1, 0.15) is 5.82 Å². The van der Waals surface area contributed by atoms with Crippen molar-refractivity contribution in [2.75, 3.05) is 19.5 Å². The third-order valence-corrected chi connectivity index (χ3v) is 3.29. The fourth-order valence-electron chi connectivity index (χ4n) is 1.61. The van der Waals surface area contributed by atoms with Gasteiger partial charge in [0.2, 0.25) is 0 Å². The van der Waals surface area contributed by atoms with Gasteiger partial charge in [-0.15, -0.1) is 0 Å². The predicted octanol–water partition coefficient (Wildman–Crippen LogP) is 3.79. The van der Waals surface area contributed by atoms with Gasteiger partial charge < -0.3 is 14.8 Å². The minimum atomic E-state index is 0.304. The number of hydrogen-bond acceptors (Lipinski definition) is 5. The summed E-state index contributed by atoms with van der Waals surface area (Å²) in [5.41, 5.74) is 0.836. The van der Waals surface area contributed by atoms with Crippen LogP contribution in [0.2, 0.25) is 5.15 Å². The molecule has 0 aliphatic heterocycles. The van der Waals surface area contributed by atoms with Gasteiger partial charge in [0.25, 0.3) is 0 Å². The molecule has 1 aromatic carbocycles. The summed E-state index contributed by atoms with van der Waals surface area (Å²) in [6.07, 6.45) is 0. The molecule has 1 N–H and O–H groups in total. The van der Waals surface area contributed by atoms with Crippen LogP contribution in [0.25, 0.3) is 0 Å². The number of benzene rings is 1. The molecule has 7 heteroatoms. The first-order chi connectivity index (χ1) is 9.62. The van der Waals surface area contributed by atoms with Crippen LogP contribution >= 0.6 is 27.5 Å². The monoisotopic (exact) mass is 357 g/mol. The quantitative estimate of drug-likeness (QED) is 0.824. The van der Waals surface area contributed by atoms with Crippen molar-refractivity contribution in [1.29, 1.82) is 0 Å². The zero-order valence-corrected chi connectivity index (χ0v) is 13.3. The van der Waals surface area contributed by atoms with Gasteiger partial charge in [-0.2, -0.15) is 0 Å². The van der Waals surface area contributed by atoms with E-state index in [4.69, 9.17) is 21.1 Å². The minimum Gasteiger partial charge on any atom is -0.495 e. The Balaban J connectivity index is 2.25. The number of ether oxygens (including phenoxy) is 2. The zero-order valence-electron chi connectivity index (χ0n) is 11.0. The van der Waals surface area contributed by atoms with E-state index in [1.165, 1.54) is 0 Å². The number of methoxy groups -OCH3 is 2. The molecule has 0 bridgehead atoms. The summed E-state index contributed by atoms with van der Waals surface area (Å²) in [6, 6.07) is 7.30. The number of rotatable bonds is 5. The molecule has 0 saturated heterocycles. The average Bonchev–Trinajstić information content (AvgIpc) is 2.40. The number of anilines is 2. The van der Waals surface area contributed by atoms with E-state index < -0.39 is 0 Å². The van der Waals surface area contributed by atoms with Crippen LogP contribution < -0.4 is 10.1 Å². The van der Waals surface area contributed by atoms with E-state index in [1.54, 1.807) is 20.3 Å². The molecule has 106 valence electrons. The molecule has 20 heavy (non-hydrogen) atoms. The van der Waals surface area contributed by atoms with E-state index >= 15 is 0 Å². The molecule has 5 nitrogen and oxygen atoms in total. The van der Waals surface area contributed by atoms with Crippen molar-refractivity contribution < 1.29 is 9.47 Å². The number of hydrogen-bond donors (Lipinski definition) is 1. The summed E-state index contributed by atoms with van der Waals surface area (Å²) in [7, 11) is 3.19. The molecule has 0 radical (unpaired) electrons. The molecule has 1 aromatic heterocycles. The third kappa shape index (κ3) is 3.82. The van der Waals surface area contributed by atoms with Gasteiger partial charge in [0.15, 0.2) is 5.82 Å². The fraction of sp³-hybridized carbons (Fsp3) is 0.231. The standard InChI is InChI=1S/C13H13BrClN3O2/c1-19-7-13-17-11(15)6-12(18-13)16-8-3-4-9(14)10(5-8)20-2/h3-6H,7H2,1-2H3,(H,16,17,18). The first-order valence-electron chi connectivity index (χ1n) is 5.75. The molecule has 0 saturated carbocycles. The van der Waals surface area contributed by atoms with E-state index in [2.05, 4.69) is 31.2 Å². The van der Waals surface area contributed by atoms with Gasteiger partial charge in [-0.1, -0.05) is 11.6 Å². The van der Waals surface area contributed by atoms with Gasteiger partial charge in [-0.25, -0.2) is 9.97 Å². The van der Waals surface area contributed by atoms with Crippen molar-refractivity contribution >= 4 is 39.0 Å². The summed E-state index contributed by atoms with van der Waals surface area (Å²) in [5, 5.41) is 3.51. The molecule has 0 spiro atoms. The lowest BCUT2D eigenvalue weighted by Crippen LogP contribution is -2.01. The molecular weight excluding hydrogens is 346 g/mol. The Hall–Kier alpha value is -1.37. The summed E-state index contributed by atoms with van der Waals surface area (Å²) < 4.78 is 11.1. The highest BCUT2D eigenvalue weighted by Crippen LogP contribution is 2.29. The van der Waals surface area contributed by atoms with Crippen molar-refractivity contribution in [3.8, 4) is 5.75 Å². The Labute approximate surface area is 130 Å². The number of nitrogens with one attached hydrogen (secondary N) is 1. The van der Waals surface area contributed by atoms with Gasteiger partial charge in [0.05, 0.1) is 11.6 Å². The maximum Gasteiger partial charge on any atom is 0.158 e. The molecule has 0 amide bonds. The lowest BCUT2D eigenvalue weighted by Gasteiger charge is -2.10. The van der Waals surface area contributed by atoms with Gasteiger partial charge in [-0.3, -0.25) is 0 Å². The van der Waals surface area contributed by atoms with Gasteiger partial charge in [-0.05, 0) is 28.1 Å². The van der Waals surface area contributed by atoms with Crippen LogP contribution in [0.3, 0.4) is 0 Å². The first kappa shape index (κ1) is 15.0. The molecule has 0 aliphatic rings. The maximum atomic E-state index is 5.96. The molecule has 0 unspecified atom stereocenters. The normalized spacial score (nSPS) is 10.4. The number of halogens is 2. The molecule has 2 rings (SSSR count). The Morgan fingerprint density at radius 2 is 2.05 bits per heavy atom. The predicted molar refractivity (Wildman–Crippen MR) is 81.7 cm³/mol. The fourth-order valence-corrected chi connectivity index (χ4v) is 2.22. The van der Waals surface area contributed by atoms with E-state index in [9.17, 15) is 0 Å². The molecule has 0 aliphatic carbocycles. The van der Waals surface area contributed by atoms with E-state index in [-0.39, 0.29) is 0 Å². The van der Waals surface area contributed by atoms with Gasteiger partial charge >= 0.3 is 0 Å². The maximum absolute atomic E-state index is 5.96. The summed E-state index contributed by atoms with van der Waals surface area (Å²) in [6.45, 7) is 0.304. The van der Waals surface area contributed by atoms with Crippen molar-refractivity contribution in [2.24, 2.45) is 0 Å².